The van der Waals surface area contributed by atoms with Gasteiger partial charge in [0.15, 0.2) is 0 Å². The quantitative estimate of drug-likeness (QED) is 0.838. The number of amides is 1. The average Bonchev–Trinajstić information content (AvgIpc) is 2.37. The van der Waals surface area contributed by atoms with Crippen molar-refractivity contribution in [1.29, 1.82) is 0 Å². The molecule has 3 unspecified atom stereocenters. The first kappa shape index (κ1) is 16.8. The van der Waals surface area contributed by atoms with E-state index in [1.165, 1.54) is 12.8 Å². The number of ether oxygens (including phenoxy) is 1. The summed E-state index contributed by atoms with van der Waals surface area (Å²) in [4.78, 5) is 12.7. The average molecular weight is 296 g/mol. The van der Waals surface area contributed by atoms with Crippen LogP contribution >= 0.6 is 0 Å². The van der Waals surface area contributed by atoms with Gasteiger partial charge in [0.2, 0.25) is 5.91 Å². The van der Waals surface area contributed by atoms with E-state index in [1.807, 2.05) is 20.8 Å². The maximum atomic E-state index is 12.7. The van der Waals surface area contributed by atoms with Crippen LogP contribution in [0, 0.1) is 10.8 Å². The minimum absolute atomic E-state index is 0.00570. The molecule has 0 saturated heterocycles. The summed E-state index contributed by atoms with van der Waals surface area (Å²) >= 11 is 0. The topological polar surface area (TPSA) is 64.3 Å². The molecule has 1 amide bonds. The lowest BCUT2D eigenvalue weighted by atomic mass is 9.54. The Kier molecular flexibility index (Phi) is 4.42. The fraction of sp³-hybridized carbons (Fsp3) is 0.941. The third-order valence-corrected chi connectivity index (χ3v) is 5.78. The number of rotatable bonds is 4. The first-order chi connectivity index (χ1) is 9.62. The number of carbonyl (C=O) groups is 1. The Morgan fingerprint density at radius 3 is 2.48 bits per heavy atom. The van der Waals surface area contributed by atoms with Gasteiger partial charge in [0, 0.05) is 24.5 Å². The van der Waals surface area contributed by atoms with Crippen LogP contribution in [0.25, 0.3) is 0 Å². The Balaban J connectivity index is 1.97. The van der Waals surface area contributed by atoms with Crippen molar-refractivity contribution in [3.63, 3.8) is 0 Å². The zero-order valence-electron chi connectivity index (χ0n) is 14.3. The third-order valence-electron chi connectivity index (χ3n) is 5.78. The van der Waals surface area contributed by atoms with Gasteiger partial charge in [0.1, 0.15) is 5.54 Å². The summed E-state index contributed by atoms with van der Waals surface area (Å²) in [5.74, 6) is 0.00570. The van der Waals surface area contributed by atoms with E-state index < -0.39 is 5.54 Å². The monoisotopic (exact) mass is 296 g/mol. The summed E-state index contributed by atoms with van der Waals surface area (Å²) < 4.78 is 5.70. The van der Waals surface area contributed by atoms with Gasteiger partial charge in [-0.2, -0.15) is 0 Å². The highest BCUT2D eigenvalue weighted by Gasteiger charge is 2.63. The molecule has 0 aromatic heterocycles. The molecule has 0 aliphatic heterocycles. The third kappa shape index (κ3) is 2.98. The standard InChI is InChI=1S/C17H32N2O2/c1-6-21-13-11-17(18,16(13,4)5)14(20)19-12-8-7-9-15(2,3)10-12/h12-13H,6-11,18H2,1-5H3,(H,19,20). The van der Waals surface area contributed by atoms with Gasteiger partial charge in [-0.15, -0.1) is 0 Å². The molecule has 4 nitrogen and oxygen atoms in total. The fourth-order valence-electron chi connectivity index (χ4n) is 3.96. The van der Waals surface area contributed by atoms with Crippen LogP contribution in [0.1, 0.15) is 66.7 Å². The molecular formula is C17H32N2O2. The predicted molar refractivity (Wildman–Crippen MR) is 84.9 cm³/mol. The Morgan fingerprint density at radius 1 is 1.29 bits per heavy atom. The Morgan fingerprint density at radius 2 is 1.95 bits per heavy atom. The summed E-state index contributed by atoms with van der Waals surface area (Å²) in [6, 6.07) is 0.267. The van der Waals surface area contributed by atoms with Crippen LogP contribution in [0.5, 0.6) is 0 Å². The molecule has 122 valence electrons. The van der Waals surface area contributed by atoms with E-state index in [0.717, 1.165) is 12.8 Å². The van der Waals surface area contributed by atoms with Crippen LogP contribution in [0.3, 0.4) is 0 Å². The molecule has 2 aliphatic carbocycles. The largest absolute Gasteiger partial charge is 0.378 e. The van der Waals surface area contributed by atoms with Crippen LogP contribution < -0.4 is 11.1 Å². The Hall–Kier alpha value is -0.610. The van der Waals surface area contributed by atoms with Crippen LogP contribution in [0.4, 0.5) is 0 Å². The zero-order chi connectivity index (χ0) is 15.9. The van der Waals surface area contributed by atoms with Crippen molar-refractivity contribution in [2.45, 2.75) is 84.4 Å². The van der Waals surface area contributed by atoms with Gasteiger partial charge in [-0.05, 0) is 31.6 Å². The number of nitrogens with two attached hydrogens (primary N) is 1. The number of nitrogens with one attached hydrogen (secondary N) is 1. The van der Waals surface area contributed by atoms with E-state index in [-0.39, 0.29) is 23.5 Å². The summed E-state index contributed by atoms with van der Waals surface area (Å²) in [5, 5.41) is 3.22. The zero-order valence-corrected chi connectivity index (χ0v) is 14.3. The maximum Gasteiger partial charge on any atom is 0.241 e. The first-order valence-corrected chi connectivity index (χ1v) is 8.34. The number of carbonyl (C=O) groups excluding carboxylic acids is 1. The molecule has 0 radical (unpaired) electrons. The molecule has 3 atom stereocenters. The maximum absolute atomic E-state index is 12.7. The molecule has 0 spiro atoms. The minimum Gasteiger partial charge on any atom is -0.378 e. The van der Waals surface area contributed by atoms with E-state index in [2.05, 4.69) is 19.2 Å². The molecule has 0 bridgehead atoms. The van der Waals surface area contributed by atoms with Gasteiger partial charge in [0.05, 0.1) is 6.10 Å². The molecule has 2 saturated carbocycles. The van der Waals surface area contributed by atoms with Crippen molar-refractivity contribution in [3.05, 3.63) is 0 Å². The summed E-state index contributed by atoms with van der Waals surface area (Å²) in [6.45, 7) is 11.3. The lowest BCUT2D eigenvalue weighted by Gasteiger charge is -2.58. The van der Waals surface area contributed by atoms with Crippen LogP contribution in [-0.2, 0) is 9.53 Å². The van der Waals surface area contributed by atoms with E-state index in [9.17, 15) is 4.79 Å². The molecule has 4 heteroatoms. The van der Waals surface area contributed by atoms with Crippen molar-refractivity contribution in [2.24, 2.45) is 16.6 Å². The van der Waals surface area contributed by atoms with Crippen molar-refractivity contribution in [2.75, 3.05) is 6.61 Å². The highest BCUT2D eigenvalue weighted by Crippen LogP contribution is 2.50. The van der Waals surface area contributed by atoms with Gasteiger partial charge < -0.3 is 15.8 Å². The van der Waals surface area contributed by atoms with Gasteiger partial charge in [-0.25, -0.2) is 0 Å². The second kappa shape index (κ2) is 5.54. The lowest BCUT2D eigenvalue weighted by molar-refractivity contribution is -0.171. The first-order valence-electron chi connectivity index (χ1n) is 8.34. The molecule has 0 heterocycles. The van der Waals surface area contributed by atoms with Crippen LogP contribution in [-0.4, -0.2) is 30.2 Å². The fourth-order valence-corrected chi connectivity index (χ4v) is 3.96. The molecule has 3 N–H and O–H groups in total. The number of hydrogen-bond acceptors (Lipinski definition) is 3. The predicted octanol–water partition coefficient (Wildman–Crippen LogP) is 2.60. The van der Waals surface area contributed by atoms with Crippen LogP contribution in [0.2, 0.25) is 0 Å². The van der Waals surface area contributed by atoms with Crippen molar-refractivity contribution in [3.8, 4) is 0 Å². The molecule has 0 aromatic rings. The molecule has 2 rings (SSSR count). The van der Waals surface area contributed by atoms with Crippen molar-refractivity contribution >= 4 is 5.91 Å². The molecule has 21 heavy (non-hydrogen) atoms. The molecule has 0 aromatic carbocycles. The number of hydrogen-bond donors (Lipinski definition) is 2. The minimum atomic E-state index is -0.797. The molecule has 2 fully saturated rings. The van der Waals surface area contributed by atoms with Gasteiger partial charge in [0.25, 0.3) is 0 Å². The van der Waals surface area contributed by atoms with E-state index in [0.29, 0.717) is 18.4 Å². The highest BCUT2D eigenvalue weighted by atomic mass is 16.5. The van der Waals surface area contributed by atoms with Crippen molar-refractivity contribution < 1.29 is 9.53 Å². The smallest absolute Gasteiger partial charge is 0.241 e. The molecule has 2 aliphatic rings. The van der Waals surface area contributed by atoms with E-state index >= 15 is 0 Å². The summed E-state index contributed by atoms with van der Waals surface area (Å²) in [7, 11) is 0. The van der Waals surface area contributed by atoms with Gasteiger partial charge in [-0.3, -0.25) is 4.79 Å². The Bertz CT molecular complexity index is 406. The second-order valence-electron chi connectivity index (χ2n) is 8.27. The summed E-state index contributed by atoms with van der Waals surface area (Å²) in [6.07, 6.45) is 5.24. The van der Waals surface area contributed by atoms with Gasteiger partial charge >= 0.3 is 0 Å². The van der Waals surface area contributed by atoms with E-state index in [1.54, 1.807) is 0 Å². The second-order valence-corrected chi connectivity index (χ2v) is 8.27. The Labute approximate surface area is 129 Å². The summed E-state index contributed by atoms with van der Waals surface area (Å²) in [5.41, 5.74) is 5.65. The normalized spacial score (nSPS) is 37.6. The lowest BCUT2D eigenvalue weighted by Crippen LogP contribution is -2.76. The molecular weight excluding hydrogens is 264 g/mol. The van der Waals surface area contributed by atoms with Crippen molar-refractivity contribution in [1.82, 2.24) is 5.32 Å². The highest BCUT2D eigenvalue weighted by molar-refractivity contribution is 5.89. The van der Waals surface area contributed by atoms with E-state index in [4.69, 9.17) is 10.5 Å². The SMILES string of the molecule is CCOC1CC(N)(C(=O)NC2CCCC(C)(C)C2)C1(C)C. The van der Waals surface area contributed by atoms with Gasteiger partial charge in [-0.1, -0.05) is 34.1 Å². The van der Waals surface area contributed by atoms with Crippen LogP contribution in [0.15, 0.2) is 0 Å².